The van der Waals surface area contributed by atoms with Crippen LogP contribution in [0.1, 0.15) is 31.0 Å². The zero-order valence-corrected chi connectivity index (χ0v) is 16.8. The maximum absolute atomic E-state index is 12.8. The zero-order valence-electron chi connectivity index (χ0n) is 16.0. The number of carbonyl (C=O) groups is 1. The van der Waals surface area contributed by atoms with Gasteiger partial charge in [0.2, 0.25) is 5.91 Å². The van der Waals surface area contributed by atoms with Crippen LogP contribution in [0.15, 0.2) is 35.1 Å². The van der Waals surface area contributed by atoms with Gasteiger partial charge in [-0.15, -0.1) is 0 Å². The number of thiazole rings is 1. The van der Waals surface area contributed by atoms with E-state index in [4.69, 9.17) is 0 Å². The Morgan fingerprint density at radius 3 is 2.86 bits per heavy atom. The molecule has 1 saturated heterocycles. The largest absolute Gasteiger partial charge is 0.350 e. The molecule has 1 amide bonds. The number of rotatable bonds is 5. The number of benzene rings is 1. The molecule has 0 radical (unpaired) electrons. The number of hydrogen-bond donors (Lipinski definition) is 1. The molecule has 0 saturated carbocycles. The smallest absolute Gasteiger partial charge is 0.294 e. The van der Waals surface area contributed by atoms with Gasteiger partial charge >= 0.3 is 0 Å². The predicted molar refractivity (Wildman–Crippen MR) is 111 cm³/mol. The Balaban J connectivity index is 1.58. The SMILES string of the molecule is CCn1nc(C)c2sc(N3CCCC3C(=O)NCc3ccccc3)nc2c1=O. The Labute approximate surface area is 167 Å². The van der Waals surface area contributed by atoms with Crippen molar-refractivity contribution in [2.24, 2.45) is 0 Å². The van der Waals surface area contributed by atoms with Crippen molar-refractivity contribution < 1.29 is 4.79 Å². The van der Waals surface area contributed by atoms with Crippen molar-refractivity contribution in [2.75, 3.05) is 11.4 Å². The van der Waals surface area contributed by atoms with Crippen LogP contribution in [-0.2, 0) is 17.9 Å². The number of carbonyl (C=O) groups excluding carboxylic acids is 1. The van der Waals surface area contributed by atoms with Crippen molar-refractivity contribution in [3.8, 4) is 0 Å². The number of nitrogens with zero attached hydrogens (tertiary/aromatic N) is 4. The molecule has 1 N–H and O–H groups in total. The fourth-order valence-corrected chi connectivity index (χ4v) is 4.67. The number of hydrogen-bond acceptors (Lipinski definition) is 6. The first-order chi connectivity index (χ1) is 13.6. The molecule has 7 nitrogen and oxygen atoms in total. The molecule has 0 spiro atoms. The fourth-order valence-electron chi connectivity index (χ4n) is 3.60. The van der Waals surface area contributed by atoms with Crippen molar-refractivity contribution in [2.45, 2.75) is 45.8 Å². The molecular weight excluding hydrogens is 374 g/mol. The quantitative estimate of drug-likeness (QED) is 0.715. The number of fused-ring (bicyclic) bond motifs is 1. The first-order valence-electron chi connectivity index (χ1n) is 9.55. The van der Waals surface area contributed by atoms with Gasteiger partial charge in [0.15, 0.2) is 10.6 Å². The minimum absolute atomic E-state index is 0.00132. The Bertz CT molecular complexity index is 1060. The average molecular weight is 398 g/mol. The Morgan fingerprint density at radius 1 is 1.32 bits per heavy atom. The topological polar surface area (TPSA) is 80.1 Å². The van der Waals surface area contributed by atoms with Gasteiger partial charge in [-0.3, -0.25) is 9.59 Å². The summed E-state index contributed by atoms with van der Waals surface area (Å²) >= 11 is 1.45. The summed E-state index contributed by atoms with van der Waals surface area (Å²) in [6.07, 6.45) is 1.71. The normalized spacial score (nSPS) is 16.6. The van der Waals surface area contributed by atoms with Crippen molar-refractivity contribution in [3.63, 3.8) is 0 Å². The maximum Gasteiger partial charge on any atom is 0.294 e. The molecule has 8 heteroatoms. The lowest BCUT2D eigenvalue weighted by Gasteiger charge is -2.23. The number of amides is 1. The molecular formula is C20H23N5O2S. The first-order valence-corrected chi connectivity index (χ1v) is 10.4. The van der Waals surface area contributed by atoms with Crippen LogP contribution >= 0.6 is 11.3 Å². The molecule has 0 aliphatic carbocycles. The lowest BCUT2D eigenvalue weighted by Crippen LogP contribution is -2.43. The van der Waals surface area contributed by atoms with Crippen molar-refractivity contribution in [1.82, 2.24) is 20.1 Å². The van der Waals surface area contributed by atoms with E-state index in [9.17, 15) is 9.59 Å². The van der Waals surface area contributed by atoms with E-state index in [2.05, 4.69) is 15.4 Å². The number of nitrogens with one attached hydrogen (secondary N) is 1. The third-order valence-electron chi connectivity index (χ3n) is 5.06. The fraction of sp³-hybridized carbons (Fsp3) is 0.400. The summed E-state index contributed by atoms with van der Waals surface area (Å²) in [5.41, 5.74) is 2.14. The van der Waals surface area contributed by atoms with E-state index in [1.165, 1.54) is 16.0 Å². The van der Waals surface area contributed by atoms with Gasteiger partial charge in [0, 0.05) is 19.6 Å². The van der Waals surface area contributed by atoms with Gasteiger partial charge in [0.25, 0.3) is 5.56 Å². The van der Waals surface area contributed by atoms with Crippen LogP contribution in [0.2, 0.25) is 0 Å². The second kappa shape index (κ2) is 7.71. The molecule has 1 fully saturated rings. The van der Waals surface area contributed by atoms with Gasteiger partial charge in [0.05, 0.1) is 10.4 Å². The minimum atomic E-state index is -0.258. The molecule has 146 valence electrons. The van der Waals surface area contributed by atoms with E-state index < -0.39 is 0 Å². The monoisotopic (exact) mass is 397 g/mol. The summed E-state index contributed by atoms with van der Waals surface area (Å²) in [6.45, 7) is 5.56. The van der Waals surface area contributed by atoms with Gasteiger partial charge in [-0.25, -0.2) is 9.67 Å². The number of aryl methyl sites for hydroxylation is 2. The molecule has 28 heavy (non-hydrogen) atoms. The van der Waals surface area contributed by atoms with Crippen LogP contribution in [0.4, 0.5) is 5.13 Å². The van der Waals surface area contributed by atoms with Crippen molar-refractivity contribution in [3.05, 3.63) is 51.9 Å². The highest BCUT2D eigenvalue weighted by Gasteiger charge is 2.33. The molecule has 1 aromatic carbocycles. The molecule has 3 heterocycles. The summed E-state index contributed by atoms with van der Waals surface area (Å²) in [5.74, 6) is 0.00132. The lowest BCUT2D eigenvalue weighted by molar-refractivity contribution is -0.122. The highest BCUT2D eigenvalue weighted by atomic mass is 32.1. The third kappa shape index (κ3) is 3.40. The standard InChI is InChI=1S/C20H23N5O2S/c1-3-25-19(27)16-17(13(2)23-25)28-20(22-16)24-11-7-10-15(24)18(26)21-12-14-8-5-4-6-9-14/h4-6,8-9,15H,3,7,10-12H2,1-2H3,(H,21,26). The second-order valence-corrected chi connectivity index (χ2v) is 7.91. The highest BCUT2D eigenvalue weighted by Crippen LogP contribution is 2.33. The lowest BCUT2D eigenvalue weighted by atomic mass is 10.2. The van der Waals surface area contributed by atoms with Crippen molar-refractivity contribution in [1.29, 1.82) is 0 Å². The van der Waals surface area contributed by atoms with E-state index in [0.29, 0.717) is 18.6 Å². The molecule has 2 aromatic heterocycles. The van der Waals surface area contributed by atoms with E-state index in [1.807, 2.05) is 49.1 Å². The maximum atomic E-state index is 12.8. The van der Waals surface area contributed by atoms with Gasteiger partial charge in [0.1, 0.15) is 6.04 Å². The van der Waals surface area contributed by atoms with Crippen LogP contribution in [-0.4, -0.2) is 33.3 Å². The van der Waals surface area contributed by atoms with E-state index in [0.717, 1.165) is 40.5 Å². The van der Waals surface area contributed by atoms with Crippen LogP contribution in [0.5, 0.6) is 0 Å². The van der Waals surface area contributed by atoms with Gasteiger partial charge in [-0.2, -0.15) is 5.10 Å². The van der Waals surface area contributed by atoms with E-state index >= 15 is 0 Å². The molecule has 0 bridgehead atoms. The Hall–Kier alpha value is -2.74. The van der Waals surface area contributed by atoms with Crippen LogP contribution in [0.3, 0.4) is 0 Å². The summed E-state index contributed by atoms with van der Waals surface area (Å²) in [7, 11) is 0. The summed E-state index contributed by atoms with van der Waals surface area (Å²) in [5, 5.41) is 8.11. The molecule has 1 unspecified atom stereocenters. The molecule has 4 rings (SSSR count). The van der Waals surface area contributed by atoms with Crippen LogP contribution in [0, 0.1) is 6.92 Å². The van der Waals surface area contributed by atoms with Crippen molar-refractivity contribution >= 4 is 32.6 Å². The zero-order chi connectivity index (χ0) is 19.7. The van der Waals surface area contributed by atoms with Gasteiger partial charge in [-0.05, 0) is 32.3 Å². The van der Waals surface area contributed by atoms with Gasteiger partial charge in [-0.1, -0.05) is 41.7 Å². The molecule has 3 aromatic rings. The minimum Gasteiger partial charge on any atom is -0.350 e. The summed E-state index contributed by atoms with van der Waals surface area (Å²) in [6, 6.07) is 9.61. The molecule has 1 aliphatic rings. The number of anilines is 1. The van der Waals surface area contributed by atoms with Gasteiger partial charge < -0.3 is 10.2 Å². The summed E-state index contributed by atoms with van der Waals surface area (Å²) < 4.78 is 2.25. The van der Waals surface area contributed by atoms with Crippen LogP contribution < -0.4 is 15.8 Å². The molecule has 1 aliphatic heterocycles. The van der Waals surface area contributed by atoms with E-state index in [-0.39, 0.29) is 17.5 Å². The Morgan fingerprint density at radius 2 is 2.11 bits per heavy atom. The third-order valence-corrected chi connectivity index (χ3v) is 6.26. The average Bonchev–Trinajstić information content (AvgIpc) is 3.37. The highest BCUT2D eigenvalue weighted by molar-refractivity contribution is 7.22. The second-order valence-electron chi connectivity index (χ2n) is 6.94. The number of aromatic nitrogens is 3. The molecule has 1 atom stereocenters. The van der Waals surface area contributed by atoms with E-state index in [1.54, 1.807) is 0 Å². The summed E-state index contributed by atoms with van der Waals surface area (Å²) in [4.78, 5) is 32.0. The Kier molecular flexibility index (Phi) is 5.13. The first kappa shape index (κ1) is 18.6. The predicted octanol–water partition coefficient (Wildman–Crippen LogP) is 2.47. The van der Waals surface area contributed by atoms with Crippen LogP contribution in [0.25, 0.3) is 10.2 Å².